The van der Waals surface area contributed by atoms with Crippen LogP contribution in [0.25, 0.3) is 0 Å². The zero-order valence-corrected chi connectivity index (χ0v) is 21.5. The molecule has 188 valence electrons. The molecule has 2 heterocycles. The Labute approximate surface area is 212 Å². The van der Waals surface area contributed by atoms with E-state index in [4.69, 9.17) is 11.6 Å². The number of rotatable bonds is 7. The van der Waals surface area contributed by atoms with E-state index in [1.54, 1.807) is 11.0 Å². The van der Waals surface area contributed by atoms with Gasteiger partial charge in [-0.3, -0.25) is 9.59 Å². The van der Waals surface area contributed by atoms with Crippen LogP contribution in [-0.4, -0.2) is 54.3 Å². The van der Waals surface area contributed by atoms with Gasteiger partial charge in [0.15, 0.2) is 0 Å². The van der Waals surface area contributed by atoms with Crippen LogP contribution in [-0.2, 0) is 4.79 Å². The van der Waals surface area contributed by atoms with Gasteiger partial charge in [0.05, 0.1) is 16.6 Å². The average Bonchev–Trinajstić information content (AvgIpc) is 3.35. The Morgan fingerprint density at radius 3 is 2.29 bits per heavy atom. The highest BCUT2D eigenvalue weighted by Crippen LogP contribution is 2.34. The molecule has 2 amide bonds. The van der Waals surface area contributed by atoms with E-state index in [1.165, 1.54) is 12.1 Å². The van der Waals surface area contributed by atoms with Crippen LogP contribution >= 0.6 is 11.6 Å². The molecule has 0 aromatic heterocycles. The fourth-order valence-electron chi connectivity index (χ4n) is 5.35. The molecule has 0 aliphatic carbocycles. The van der Waals surface area contributed by atoms with Crippen molar-refractivity contribution in [3.8, 4) is 0 Å². The van der Waals surface area contributed by atoms with Crippen molar-refractivity contribution in [1.82, 2.24) is 15.1 Å². The lowest BCUT2D eigenvalue weighted by Gasteiger charge is -2.26. The molecule has 3 atom stereocenters. The summed E-state index contributed by atoms with van der Waals surface area (Å²) in [5.74, 6) is -0.0719. The minimum Gasteiger partial charge on any atom is -0.349 e. The van der Waals surface area contributed by atoms with Crippen molar-refractivity contribution in [3.05, 3.63) is 70.5 Å². The zero-order chi connectivity index (χ0) is 25.2. The lowest BCUT2D eigenvalue weighted by molar-refractivity contribution is -0.123. The van der Waals surface area contributed by atoms with Gasteiger partial charge >= 0.3 is 0 Å². The molecule has 0 radical (unpaired) electrons. The number of likely N-dealkylation sites (tertiary alicyclic amines) is 2. The smallest absolute Gasteiger partial charge is 0.258 e. The molecular weight excluding hydrogens is 465 g/mol. The van der Waals surface area contributed by atoms with E-state index in [0.29, 0.717) is 31.3 Å². The van der Waals surface area contributed by atoms with Crippen LogP contribution < -0.4 is 5.32 Å². The number of benzene rings is 2. The molecule has 2 aliphatic heterocycles. The van der Waals surface area contributed by atoms with Gasteiger partial charge in [-0.05, 0) is 41.4 Å². The number of halogens is 2. The van der Waals surface area contributed by atoms with Crippen molar-refractivity contribution in [2.45, 2.75) is 39.7 Å². The normalized spacial score (nSPS) is 21.1. The second-order valence-electron chi connectivity index (χ2n) is 11.1. The van der Waals surface area contributed by atoms with E-state index in [1.807, 2.05) is 18.2 Å². The Hall–Kier alpha value is -2.44. The number of hydrogen-bond acceptors (Lipinski definition) is 3. The molecule has 7 heteroatoms. The largest absolute Gasteiger partial charge is 0.349 e. The van der Waals surface area contributed by atoms with Crippen molar-refractivity contribution in [3.63, 3.8) is 0 Å². The molecule has 5 nitrogen and oxygen atoms in total. The van der Waals surface area contributed by atoms with Crippen LogP contribution in [0.4, 0.5) is 4.39 Å². The van der Waals surface area contributed by atoms with Gasteiger partial charge in [0, 0.05) is 39.1 Å². The molecule has 2 aliphatic rings. The highest BCUT2D eigenvalue weighted by atomic mass is 35.5. The monoisotopic (exact) mass is 499 g/mol. The summed E-state index contributed by atoms with van der Waals surface area (Å²) >= 11 is 6.11. The third-order valence-corrected chi connectivity index (χ3v) is 7.30. The number of nitrogens with zero attached hydrogens (tertiary/aromatic N) is 2. The van der Waals surface area contributed by atoms with Crippen LogP contribution in [0.5, 0.6) is 0 Å². The van der Waals surface area contributed by atoms with Crippen molar-refractivity contribution in [2.75, 3.05) is 32.7 Å². The Morgan fingerprint density at radius 1 is 1.03 bits per heavy atom. The third-order valence-electron chi connectivity index (χ3n) is 6.99. The minimum atomic E-state index is -0.568. The summed E-state index contributed by atoms with van der Waals surface area (Å²) in [5, 5.41) is 3.41. The number of carbonyl (C=O) groups is 2. The maximum absolute atomic E-state index is 14.2. The maximum Gasteiger partial charge on any atom is 0.258 e. The average molecular weight is 500 g/mol. The summed E-state index contributed by atoms with van der Waals surface area (Å²) in [5.41, 5.74) is 1.03. The van der Waals surface area contributed by atoms with Gasteiger partial charge in [0.1, 0.15) is 5.82 Å². The highest BCUT2D eigenvalue weighted by molar-refractivity contribution is 6.33. The van der Waals surface area contributed by atoms with Gasteiger partial charge in [-0.15, -0.1) is 0 Å². The Kier molecular flexibility index (Phi) is 7.82. The molecule has 35 heavy (non-hydrogen) atoms. The van der Waals surface area contributed by atoms with E-state index in [9.17, 15) is 14.0 Å². The first-order valence-corrected chi connectivity index (χ1v) is 12.8. The summed E-state index contributed by atoms with van der Waals surface area (Å²) < 4.78 is 14.2. The predicted octanol–water partition coefficient (Wildman–Crippen LogP) is 5.17. The minimum absolute atomic E-state index is 0.0253. The molecule has 1 N–H and O–H groups in total. The number of fused-ring (bicyclic) bond motifs is 1. The van der Waals surface area contributed by atoms with Gasteiger partial charge < -0.3 is 15.1 Å². The number of carbonyl (C=O) groups excluding carboxylic acids is 2. The molecule has 0 spiro atoms. The van der Waals surface area contributed by atoms with Crippen LogP contribution in [0.15, 0.2) is 48.5 Å². The number of nitrogens with one attached hydrogen (secondary N) is 1. The lowest BCUT2D eigenvalue weighted by Crippen LogP contribution is -2.36. The molecule has 0 bridgehead atoms. The first kappa shape index (κ1) is 25.6. The van der Waals surface area contributed by atoms with E-state index in [2.05, 4.69) is 43.1 Å². The summed E-state index contributed by atoms with van der Waals surface area (Å²) in [6.45, 7) is 10.1. The second kappa shape index (κ2) is 10.7. The number of amides is 2. The van der Waals surface area contributed by atoms with Gasteiger partial charge in [-0.25, -0.2) is 4.39 Å². The summed E-state index contributed by atoms with van der Waals surface area (Å²) in [4.78, 5) is 29.8. The third kappa shape index (κ3) is 6.42. The molecule has 2 unspecified atom stereocenters. The van der Waals surface area contributed by atoms with Gasteiger partial charge in [-0.1, -0.05) is 68.8 Å². The maximum atomic E-state index is 14.2. The molecular formula is C28H35ClFN3O2. The predicted molar refractivity (Wildman–Crippen MR) is 137 cm³/mol. The standard InChI is InChI=1S/C28H35ClFN3O2/c1-28(2,3)14-25(34)31-24(19-8-5-4-6-9-19)12-13-32-15-20-17-33(18-21(20)16-32)27(35)26-22(29)10-7-11-23(26)30/h4-11,20-21,24H,12-18H2,1-3H3,(H,31,34)/t20-,21?,24?/m0/s1. The Bertz CT molecular complexity index is 1020. The molecule has 2 aromatic rings. The molecule has 2 fully saturated rings. The van der Waals surface area contributed by atoms with Gasteiger partial charge in [-0.2, -0.15) is 0 Å². The Balaban J connectivity index is 1.33. The summed E-state index contributed by atoms with van der Waals surface area (Å²) in [6.07, 6.45) is 1.31. The van der Waals surface area contributed by atoms with Crippen molar-refractivity contribution in [1.29, 1.82) is 0 Å². The van der Waals surface area contributed by atoms with E-state index in [0.717, 1.165) is 31.6 Å². The molecule has 2 saturated heterocycles. The molecule has 4 rings (SSSR count). The van der Waals surface area contributed by atoms with Crippen LogP contribution in [0.1, 0.15) is 55.6 Å². The van der Waals surface area contributed by atoms with E-state index < -0.39 is 5.82 Å². The first-order chi connectivity index (χ1) is 16.6. The van der Waals surface area contributed by atoms with Crippen LogP contribution in [0.3, 0.4) is 0 Å². The molecule has 0 saturated carbocycles. The Morgan fingerprint density at radius 2 is 1.69 bits per heavy atom. The summed E-state index contributed by atoms with van der Waals surface area (Å²) in [6, 6.07) is 14.4. The zero-order valence-electron chi connectivity index (χ0n) is 20.8. The molecule has 2 aromatic carbocycles. The summed E-state index contributed by atoms with van der Waals surface area (Å²) in [7, 11) is 0. The number of hydrogen-bond donors (Lipinski definition) is 1. The van der Waals surface area contributed by atoms with Crippen molar-refractivity contribution < 1.29 is 14.0 Å². The lowest BCUT2D eigenvalue weighted by atomic mass is 9.91. The topological polar surface area (TPSA) is 52.7 Å². The SMILES string of the molecule is CC(C)(C)CC(=O)NC(CCN1CC2CN(C(=O)c3c(F)cccc3Cl)C[C@@H]2C1)c1ccccc1. The van der Waals surface area contributed by atoms with Crippen molar-refractivity contribution in [2.24, 2.45) is 17.3 Å². The van der Waals surface area contributed by atoms with Crippen molar-refractivity contribution >= 4 is 23.4 Å². The van der Waals surface area contributed by atoms with Gasteiger partial charge in [0.25, 0.3) is 5.91 Å². The first-order valence-electron chi connectivity index (χ1n) is 12.4. The fourth-order valence-corrected chi connectivity index (χ4v) is 5.59. The van der Waals surface area contributed by atoms with E-state index in [-0.39, 0.29) is 33.9 Å². The highest BCUT2D eigenvalue weighted by Gasteiger charge is 2.42. The quantitative estimate of drug-likeness (QED) is 0.572. The second-order valence-corrected chi connectivity index (χ2v) is 11.6. The fraction of sp³-hybridized carbons (Fsp3) is 0.500. The van der Waals surface area contributed by atoms with Gasteiger partial charge in [0.2, 0.25) is 5.91 Å². The van der Waals surface area contributed by atoms with Crippen LogP contribution in [0, 0.1) is 23.1 Å². The van der Waals surface area contributed by atoms with Crippen LogP contribution in [0.2, 0.25) is 5.02 Å². The van der Waals surface area contributed by atoms with E-state index >= 15 is 0 Å².